The second kappa shape index (κ2) is 13.1. The Morgan fingerprint density at radius 1 is 1.14 bits per heavy atom. The molecule has 0 heterocycles. The van der Waals surface area contributed by atoms with Crippen LogP contribution in [0.2, 0.25) is 0 Å². The molecule has 0 unspecified atom stereocenters. The molecule has 196 valence electrons. The number of carbonyl (C=O) groups excluding carboxylic acids is 2. The van der Waals surface area contributed by atoms with Gasteiger partial charge in [0.1, 0.15) is 0 Å². The minimum Gasteiger partial charge on any atom is -0.492 e. The number of carbonyl (C=O) groups is 2. The fourth-order valence-corrected chi connectivity index (χ4v) is 3.58. The summed E-state index contributed by atoms with van der Waals surface area (Å²) < 4.78 is 8.87. The minimum absolute atomic E-state index is 0.0893. The lowest BCUT2D eigenvalue weighted by Gasteiger charge is -2.24. The number of hydrogen-bond donors (Lipinski definition) is 5. The van der Waals surface area contributed by atoms with Gasteiger partial charge in [-0.15, -0.1) is 0 Å². The molecular weight excluding hydrogens is 474 g/mol. The molecule has 0 spiro atoms. The standard InChI is InChI=1S/C23H32N4O2S.C4H7NO/c1-14-8-9-16(10-18(14)25-13-15(2)24)22(28)26-19-11-17(23(3,4)5)12-20(27-30-7)21(19)29-6;6-3-5-4-1-2-4/h8-13,25,27H,24H2,1-7H3,(H,26,28);3-4H,1-2H2,(H,5,6)/b15-13-;. The lowest BCUT2D eigenvalue weighted by atomic mass is 9.86. The van der Waals surface area contributed by atoms with Crippen molar-refractivity contribution in [3.05, 3.63) is 58.9 Å². The van der Waals surface area contributed by atoms with Crippen LogP contribution in [0.5, 0.6) is 5.75 Å². The SMILES string of the molecule is COc1c(NSC)cc(C(C)(C)C)cc1NC(=O)c1ccc(C)c(N/C=C(/C)N)c1.O=CNC1CC1. The lowest BCUT2D eigenvalue weighted by Crippen LogP contribution is -2.16. The van der Waals surface area contributed by atoms with Gasteiger partial charge in [0.05, 0.1) is 18.5 Å². The van der Waals surface area contributed by atoms with E-state index in [-0.39, 0.29) is 11.3 Å². The Bertz CT molecular complexity index is 1090. The number of benzene rings is 2. The zero-order chi connectivity index (χ0) is 26.9. The minimum atomic E-state index is -0.217. The van der Waals surface area contributed by atoms with Crippen LogP contribution < -0.4 is 31.1 Å². The van der Waals surface area contributed by atoms with Gasteiger partial charge in [0, 0.05) is 35.4 Å². The zero-order valence-corrected chi connectivity index (χ0v) is 23.1. The van der Waals surface area contributed by atoms with E-state index in [1.165, 1.54) is 24.8 Å². The van der Waals surface area contributed by atoms with Gasteiger partial charge >= 0.3 is 0 Å². The number of rotatable bonds is 9. The molecule has 1 aliphatic carbocycles. The smallest absolute Gasteiger partial charge is 0.255 e. The normalized spacial score (nSPS) is 13.1. The number of methoxy groups -OCH3 is 1. The van der Waals surface area contributed by atoms with E-state index >= 15 is 0 Å². The first-order valence-corrected chi connectivity index (χ1v) is 13.0. The summed E-state index contributed by atoms with van der Waals surface area (Å²) in [6, 6.07) is 10.1. The third kappa shape index (κ3) is 8.71. The van der Waals surface area contributed by atoms with Gasteiger partial charge in [0.25, 0.3) is 5.91 Å². The second-order valence-electron chi connectivity index (χ2n) is 9.74. The Balaban J connectivity index is 0.000000662. The summed E-state index contributed by atoms with van der Waals surface area (Å²) in [6.07, 6.45) is 6.77. The zero-order valence-electron chi connectivity index (χ0n) is 22.2. The molecule has 6 N–H and O–H groups in total. The highest BCUT2D eigenvalue weighted by Crippen LogP contribution is 2.39. The van der Waals surface area contributed by atoms with Crippen LogP contribution >= 0.6 is 11.9 Å². The van der Waals surface area contributed by atoms with Crippen molar-refractivity contribution in [2.75, 3.05) is 28.7 Å². The van der Waals surface area contributed by atoms with Gasteiger partial charge in [-0.1, -0.05) is 38.8 Å². The molecule has 0 aliphatic heterocycles. The van der Waals surface area contributed by atoms with Crippen LogP contribution in [0.25, 0.3) is 0 Å². The van der Waals surface area contributed by atoms with Crippen LogP contribution in [0.15, 0.2) is 42.2 Å². The summed E-state index contributed by atoms with van der Waals surface area (Å²) in [5, 5.41) is 8.80. The molecule has 3 rings (SSSR count). The maximum Gasteiger partial charge on any atom is 0.255 e. The molecule has 2 aromatic rings. The van der Waals surface area contributed by atoms with Gasteiger partial charge in [-0.25, -0.2) is 0 Å². The summed E-state index contributed by atoms with van der Waals surface area (Å²) in [6.45, 7) is 10.2. The van der Waals surface area contributed by atoms with Crippen LogP contribution in [0.3, 0.4) is 0 Å². The Hall–Kier alpha value is -3.33. The van der Waals surface area contributed by atoms with E-state index < -0.39 is 0 Å². The maximum atomic E-state index is 13.1. The highest BCUT2D eigenvalue weighted by molar-refractivity contribution is 7.99. The summed E-state index contributed by atoms with van der Waals surface area (Å²) in [7, 11) is 1.60. The van der Waals surface area contributed by atoms with Crippen LogP contribution in [0.4, 0.5) is 17.1 Å². The van der Waals surface area contributed by atoms with E-state index in [4.69, 9.17) is 10.5 Å². The number of nitrogens with two attached hydrogens (primary N) is 1. The van der Waals surface area contributed by atoms with E-state index in [1.54, 1.807) is 26.3 Å². The second-order valence-corrected chi connectivity index (χ2v) is 10.3. The first-order chi connectivity index (χ1) is 17.0. The molecule has 0 saturated heterocycles. The molecule has 0 bridgehead atoms. The van der Waals surface area contributed by atoms with E-state index in [9.17, 15) is 9.59 Å². The van der Waals surface area contributed by atoms with Crippen molar-refractivity contribution < 1.29 is 14.3 Å². The number of amides is 2. The molecule has 0 aromatic heterocycles. The van der Waals surface area contributed by atoms with Gasteiger partial charge in [0.15, 0.2) is 5.75 Å². The summed E-state index contributed by atoms with van der Waals surface area (Å²) in [5.41, 5.74) is 11.2. The predicted molar refractivity (Wildman–Crippen MR) is 152 cm³/mol. The van der Waals surface area contributed by atoms with Crippen LogP contribution in [0, 0.1) is 6.92 Å². The van der Waals surface area contributed by atoms with Gasteiger partial charge in [0.2, 0.25) is 6.41 Å². The highest BCUT2D eigenvalue weighted by atomic mass is 32.2. The fourth-order valence-electron chi connectivity index (χ4n) is 3.21. The Kier molecular flexibility index (Phi) is 10.5. The first kappa shape index (κ1) is 28.9. The van der Waals surface area contributed by atoms with E-state index in [0.717, 1.165) is 28.9 Å². The van der Waals surface area contributed by atoms with Crippen LogP contribution in [-0.2, 0) is 10.2 Å². The largest absolute Gasteiger partial charge is 0.492 e. The first-order valence-electron chi connectivity index (χ1n) is 11.8. The number of nitrogens with one attached hydrogen (secondary N) is 4. The number of allylic oxidation sites excluding steroid dienone is 1. The third-order valence-electron chi connectivity index (χ3n) is 5.46. The summed E-state index contributed by atoms with van der Waals surface area (Å²) in [5.74, 6) is 0.379. The molecule has 2 amide bonds. The number of ether oxygens (including phenoxy) is 1. The number of aryl methyl sites for hydroxylation is 1. The Morgan fingerprint density at radius 3 is 2.31 bits per heavy atom. The Labute approximate surface area is 219 Å². The molecule has 8 nitrogen and oxygen atoms in total. The van der Waals surface area contributed by atoms with Crippen molar-refractivity contribution in [1.82, 2.24) is 5.32 Å². The molecule has 0 atom stereocenters. The molecule has 0 radical (unpaired) electrons. The molecule has 1 aliphatic rings. The van der Waals surface area contributed by atoms with Crippen molar-refractivity contribution >= 4 is 41.3 Å². The summed E-state index contributed by atoms with van der Waals surface area (Å²) >= 11 is 1.47. The van der Waals surface area contributed by atoms with Gasteiger partial charge in [-0.3, -0.25) is 9.59 Å². The number of hydrogen-bond acceptors (Lipinski definition) is 7. The van der Waals surface area contributed by atoms with Crippen LogP contribution in [-0.4, -0.2) is 31.7 Å². The van der Waals surface area contributed by atoms with Crippen molar-refractivity contribution in [2.24, 2.45) is 5.73 Å². The maximum absolute atomic E-state index is 13.1. The van der Waals surface area contributed by atoms with Gasteiger partial charge < -0.3 is 31.1 Å². The molecule has 2 aromatic carbocycles. The van der Waals surface area contributed by atoms with E-state index in [2.05, 4.69) is 47.5 Å². The average molecular weight is 514 g/mol. The Morgan fingerprint density at radius 2 is 1.81 bits per heavy atom. The monoisotopic (exact) mass is 513 g/mol. The number of anilines is 3. The van der Waals surface area contributed by atoms with Gasteiger partial charge in [-0.2, -0.15) is 0 Å². The predicted octanol–water partition coefficient (Wildman–Crippen LogP) is 5.37. The summed E-state index contributed by atoms with van der Waals surface area (Å²) in [4.78, 5) is 22.6. The topological polar surface area (TPSA) is 118 Å². The third-order valence-corrected chi connectivity index (χ3v) is 5.88. The van der Waals surface area contributed by atoms with Gasteiger partial charge in [-0.05, 0) is 67.5 Å². The van der Waals surface area contributed by atoms with Crippen molar-refractivity contribution in [3.8, 4) is 5.75 Å². The van der Waals surface area contributed by atoms with Crippen molar-refractivity contribution in [2.45, 2.75) is 58.9 Å². The van der Waals surface area contributed by atoms with Crippen molar-refractivity contribution in [1.29, 1.82) is 0 Å². The molecular formula is C27H39N5O3S. The lowest BCUT2D eigenvalue weighted by molar-refractivity contribution is -0.109. The van der Waals surface area contributed by atoms with E-state index in [0.29, 0.717) is 28.7 Å². The molecule has 1 fully saturated rings. The molecule has 36 heavy (non-hydrogen) atoms. The molecule has 9 heteroatoms. The van der Waals surface area contributed by atoms with Crippen molar-refractivity contribution in [3.63, 3.8) is 0 Å². The quantitative estimate of drug-likeness (QED) is 0.226. The van der Waals surface area contributed by atoms with Crippen LogP contribution in [0.1, 0.15) is 62.0 Å². The fraction of sp³-hybridized carbons (Fsp3) is 0.407. The molecule has 1 saturated carbocycles. The average Bonchev–Trinajstić information content (AvgIpc) is 3.63. The van der Waals surface area contributed by atoms with E-state index in [1.807, 2.05) is 31.4 Å². The highest BCUT2D eigenvalue weighted by Gasteiger charge is 2.21.